The van der Waals surface area contributed by atoms with Gasteiger partial charge in [0, 0.05) is 10.5 Å². The van der Waals surface area contributed by atoms with Crippen molar-refractivity contribution in [3.63, 3.8) is 0 Å². The van der Waals surface area contributed by atoms with Crippen molar-refractivity contribution in [1.82, 2.24) is 0 Å². The minimum Gasteiger partial charge on any atom is -0.494 e. The lowest BCUT2D eigenvalue weighted by Gasteiger charge is -2.18. The van der Waals surface area contributed by atoms with E-state index in [9.17, 15) is 4.39 Å². The first-order valence-electron chi connectivity index (χ1n) is 6.34. The standard InChI is InChI=1S/C16H14BrFN2O/c1-10(11-4-6-14(18)16(7-11)21-2)20-15-8-13(17)5-3-12(15)9-19/h3-8,10,20H,1-2H3. The molecular formula is C16H14BrFN2O. The van der Waals surface area contributed by atoms with E-state index in [1.807, 2.05) is 19.1 Å². The maximum atomic E-state index is 13.4. The number of halogens is 2. The van der Waals surface area contributed by atoms with Crippen molar-refractivity contribution in [3.8, 4) is 11.8 Å². The number of methoxy groups -OCH3 is 1. The quantitative estimate of drug-likeness (QED) is 0.875. The van der Waals surface area contributed by atoms with Crippen molar-refractivity contribution in [3.05, 3.63) is 57.8 Å². The van der Waals surface area contributed by atoms with E-state index in [2.05, 4.69) is 27.3 Å². The summed E-state index contributed by atoms with van der Waals surface area (Å²) in [5.74, 6) is -0.190. The molecule has 0 heterocycles. The van der Waals surface area contributed by atoms with Crippen LogP contribution in [0.4, 0.5) is 10.1 Å². The molecule has 0 aliphatic rings. The van der Waals surface area contributed by atoms with E-state index in [1.54, 1.807) is 18.2 Å². The van der Waals surface area contributed by atoms with E-state index in [0.717, 1.165) is 15.7 Å². The van der Waals surface area contributed by atoms with Gasteiger partial charge < -0.3 is 10.1 Å². The van der Waals surface area contributed by atoms with Gasteiger partial charge in [0.05, 0.1) is 18.4 Å². The second-order valence-corrected chi connectivity index (χ2v) is 5.48. The second kappa shape index (κ2) is 6.59. The second-order valence-electron chi connectivity index (χ2n) is 4.56. The normalized spacial score (nSPS) is 11.6. The highest BCUT2D eigenvalue weighted by Crippen LogP contribution is 2.28. The molecule has 1 unspecified atom stereocenters. The summed E-state index contributed by atoms with van der Waals surface area (Å²) in [6.45, 7) is 1.94. The van der Waals surface area contributed by atoms with Gasteiger partial charge in [-0.1, -0.05) is 22.0 Å². The fourth-order valence-corrected chi connectivity index (χ4v) is 2.36. The Morgan fingerprint density at radius 2 is 2.05 bits per heavy atom. The summed E-state index contributed by atoms with van der Waals surface area (Å²) in [7, 11) is 1.43. The number of nitriles is 1. The van der Waals surface area contributed by atoms with E-state index < -0.39 is 5.82 Å². The smallest absolute Gasteiger partial charge is 0.165 e. The van der Waals surface area contributed by atoms with E-state index in [-0.39, 0.29) is 11.8 Å². The molecule has 2 aromatic rings. The van der Waals surface area contributed by atoms with Gasteiger partial charge in [-0.2, -0.15) is 5.26 Å². The van der Waals surface area contributed by atoms with E-state index >= 15 is 0 Å². The highest BCUT2D eigenvalue weighted by atomic mass is 79.9. The molecule has 1 N–H and O–H groups in total. The fraction of sp³-hybridized carbons (Fsp3) is 0.188. The zero-order chi connectivity index (χ0) is 15.4. The Bertz CT molecular complexity index is 697. The Morgan fingerprint density at radius 3 is 2.71 bits per heavy atom. The average Bonchev–Trinajstić information content (AvgIpc) is 2.48. The monoisotopic (exact) mass is 348 g/mol. The molecule has 0 radical (unpaired) electrons. The summed E-state index contributed by atoms with van der Waals surface area (Å²) in [4.78, 5) is 0. The lowest BCUT2D eigenvalue weighted by molar-refractivity contribution is 0.385. The molecule has 2 aromatic carbocycles. The summed E-state index contributed by atoms with van der Waals surface area (Å²) in [5, 5.41) is 12.4. The number of benzene rings is 2. The van der Waals surface area contributed by atoms with E-state index in [1.165, 1.54) is 13.2 Å². The van der Waals surface area contributed by atoms with Crippen LogP contribution in [-0.4, -0.2) is 7.11 Å². The summed E-state index contributed by atoms with van der Waals surface area (Å²) in [5.41, 5.74) is 2.15. The fourth-order valence-electron chi connectivity index (χ4n) is 2.00. The number of hydrogen-bond donors (Lipinski definition) is 1. The minimum atomic E-state index is -0.395. The van der Waals surface area contributed by atoms with Gasteiger partial charge in [-0.05, 0) is 42.8 Å². The highest BCUT2D eigenvalue weighted by molar-refractivity contribution is 9.10. The maximum absolute atomic E-state index is 13.4. The Kier molecular flexibility index (Phi) is 4.81. The zero-order valence-electron chi connectivity index (χ0n) is 11.7. The molecule has 1 atom stereocenters. The average molecular weight is 349 g/mol. The molecule has 108 valence electrons. The SMILES string of the molecule is COc1cc(C(C)Nc2cc(Br)ccc2C#N)ccc1F. The third-order valence-electron chi connectivity index (χ3n) is 3.15. The number of nitrogens with one attached hydrogen (secondary N) is 1. The predicted octanol–water partition coefficient (Wildman–Crippen LogP) is 4.64. The first-order valence-corrected chi connectivity index (χ1v) is 7.14. The number of nitrogens with zero attached hydrogens (tertiary/aromatic N) is 1. The molecule has 0 amide bonds. The van der Waals surface area contributed by atoms with Gasteiger partial charge in [0.25, 0.3) is 0 Å². The number of anilines is 1. The topological polar surface area (TPSA) is 45.0 Å². The van der Waals surface area contributed by atoms with Crippen molar-refractivity contribution in [2.24, 2.45) is 0 Å². The minimum absolute atomic E-state index is 0.0964. The van der Waals surface area contributed by atoms with Crippen molar-refractivity contribution in [2.75, 3.05) is 12.4 Å². The Balaban J connectivity index is 2.28. The van der Waals surface area contributed by atoms with Crippen LogP contribution >= 0.6 is 15.9 Å². The van der Waals surface area contributed by atoms with E-state index in [0.29, 0.717) is 5.56 Å². The molecule has 0 spiro atoms. The van der Waals surface area contributed by atoms with E-state index in [4.69, 9.17) is 10.00 Å². The van der Waals surface area contributed by atoms with Crippen LogP contribution in [0, 0.1) is 17.1 Å². The summed E-state index contributed by atoms with van der Waals surface area (Å²) >= 11 is 3.39. The molecule has 5 heteroatoms. The Morgan fingerprint density at radius 1 is 1.29 bits per heavy atom. The molecule has 0 aliphatic carbocycles. The van der Waals surface area contributed by atoms with Gasteiger partial charge in [0.1, 0.15) is 6.07 Å². The first kappa shape index (κ1) is 15.3. The van der Waals surface area contributed by atoms with Gasteiger partial charge in [-0.3, -0.25) is 0 Å². The molecule has 0 aliphatic heterocycles. The molecule has 0 aromatic heterocycles. The van der Waals surface area contributed by atoms with Gasteiger partial charge in [0.2, 0.25) is 0 Å². The van der Waals surface area contributed by atoms with Gasteiger partial charge in [-0.15, -0.1) is 0 Å². The molecule has 21 heavy (non-hydrogen) atoms. The highest BCUT2D eigenvalue weighted by Gasteiger charge is 2.11. The lowest BCUT2D eigenvalue weighted by atomic mass is 10.1. The van der Waals surface area contributed by atoms with Crippen LogP contribution in [-0.2, 0) is 0 Å². The van der Waals surface area contributed by atoms with Crippen LogP contribution in [0.15, 0.2) is 40.9 Å². The van der Waals surface area contributed by atoms with Crippen LogP contribution < -0.4 is 10.1 Å². The van der Waals surface area contributed by atoms with Crippen LogP contribution in [0.3, 0.4) is 0 Å². The largest absolute Gasteiger partial charge is 0.494 e. The van der Waals surface area contributed by atoms with Gasteiger partial charge in [0.15, 0.2) is 11.6 Å². The van der Waals surface area contributed by atoms with Gasteiger partial charge >= 0.3 is 0 Å². The molecular weight excluding hydrogens is 335 g/mol. The number of hydrogen-bond acceptors (Lipinski definition) is 3. The predicted molar refractivity (Wildman–Crippen MR) is 83.8 cm³/mol. The summed E-state index contributed by atoms with van der Waals surface area (Å²) in [6, 6.07) is 12.2. The summed E-state index contributed by atoms with van der Waals surface area (Å²) in [6.07, 6.45) is 0. The summed E-state index contributed by atoms with van der Waals surface area (Å²) < 4.78 is 19.3. The van der Waals surface area contributed by atoms with Crippen LogP contribution in [0.25, 0.3) is 0 Å². The molecule has 0 saturated heterocycles. The number of rotatable bonds is 4. The van der Waals surface area contributed by atoms with Crippen molar-refractivity contribution >= 4 is 21.6 Å². The van der Waals surface area contributed by atoms with Gasteiger partial charge in [-0.25, -0.2) is 4.39 Å². The molecule has 0 bridgehead atoms. The first-order chi connectivity index (χ1) is 10.0. The van der Waals surface area contributed by atoms with Crippen molar-refractivity contribution in [1.29, 1.82) is 5.26 Å². The lowest BCUT2D eigenvalue weighted by Crippen LogP contribution is -2.08. The van der Waals surface area contributed by atoms with Crippen LogP contribution in [0.5, 0.6) is 5.75 Å². The molecule has 0 saturated carbocycles. The zero-order valence-corrected chi connectivity index (χ0v) is 13.2. The third kappa shape index (κ3) is 3.53. The molecule has 2 rings (SSSR count). The molecule has 0 fully saturated rings. The van der Waals surface area contributed by atoms with Crippen molar-refractivity contribution in [2.45, 2.75) is 13.0 Å². The molecule has 3 nitrogen and oxygen atoms in total. The Hall–Kier alpha value is -2.06. The third-order valence-corrected chi connectivity index (χ3v) is 3.64. The number of ether oxygens (including phenoxy) is 1. The van der Waals surface area contributed by atoms with Crippen LogP contribution in [0.1, 0.15) is 24.1 Å². The van der Waals surface area contributed by atoms with Crippen LogP contribution in [0.2, 0.25) is 0 Å². The maximum Gasteiger partial charge on any atom is 0.165 e. The van der Waals surface area contributed by atoms with Crippen molar-refractivity contribution < 1.29 is 9.13 Å². The Labute approximate surface area is 131 Å².